The molecule has 0 bridgehead atoms. The van der Waals surface area contributed by atoms with E-state index >= 15 is 0 Å². The molecule has 0 radical (unpaired) electrons. The number of hydrogen-bond acceptors (Lipinski definition) is 3. The molecule has 0 unspecified atom stereocenters. The summed E-state index contributed by atoms with van der Waals surface area (Å²) >= 11 is 2.00. The van der Waals surface area contributed by atoms with Crippen LogP contribution in [0, 0.1) is 15.4 Å². The summed E-state index contributed by atoms with van der Waals surface area (Å²) in [5.41, 5.74) is 0.155. The van der Waals surface area contributed by atoms with Crippen LogP contribution in [0.1, 0.15) is 23.2 Å². The Morgan fingerprint density at radius 3 is 2.24 bits per heavy atom. The lowest BCUT2D eigenvalue weighted by molar-refractivity contribution is -0.122. The fourth-order valence-corrected chi connectivity index (χ4v) is 3.40. The fourth-order valence-electron chi connectivity index (χ4n) is 2.91. The molecule has 108 valence electrons. The van der Waals surface area contributed by atoms with Gasteiger partial charge >= 0.3 is 5.97 Å². The average molecular weight is 397 g/mol. The number of carbonyl (C=O) groups is 3. The van der Waals surface area contributed by atoms with Crippen LogP contribution in [0.2, 0.25) is 0 Å². The van der Waals surface area contributed by atoms with Gasteiger partial charge in [0.05, 0.1) is 23.1 Å². The lowest BCUT2D eigenvalue weighted by Crippen LogP contribution is -2.32. The van der Waals surface area contributed by atoms with E-state index in [0.29, 0.717) is 12.8 Å². The lowest BCUT2D eigenvalue weighted by atomic mass is 9.85. The van der Waals surface area contributed by atoms with Crippen LogP contribution in [0.15, 0.2) is 30.4 Å². The van der Waals surface area contributed by atoms with Crippen molar-refractivity contribution < 1.29 is 19.5 Å². The highest BCUT2D eigenvalue weighted by Crippen LogP contribution is 2.38. The third-order valence-corrected chi connectivity index (χ3v) is 4.61. The molecule has 3 rings (SSSR count). The monoisotopic (exact) mass is 397 g/mol. The van der Waals surface area contributed by atoms with E-state index in [1.54, 1.807) is 6.07 Å². The molecule has 2 atom stereocenters. The molecule has 6 heteroatoms. The minimum Gasteiger partial charge on any atom is -0.478 e. The lowest BCUT2D eigenvalue weighted by Gasteiger charge is -2.17. The van der Waals surface area contributed by atoms with Crippen molar-refractivity contribution in [1.82, 2.24) is 0 Å². The van der Waals surface area contributed by atoms with Crippen LogP contribution in [-0.2, 0) is 9.59 Å². The predicted molar refractivity (Wildman–Crippen MR) is 84.0 cm³/mol. The topological polar surface area (TPSA) is 74.7 Å². The van der Waals surface area contributed by atoms with Crippen molar-refractivity contribution in [1.29, 1.82) is 0 Å². The van der Waals surface area contributed by atoms with E-state index in [9.17, 15) is 19.5 Å². The Kier molecular flexibility index (Phi) is 3.56. The van der Waals surface area contributed by atoms with E-state index in [2.05, 4.69) is 0 Å². The number of carboxylic acids is 1. The van der Waals surface area contributed by atoms with Gasteiger partial charge in [-0.3, -0.25) is 9.59 Å². The second kappa shape index (κ2) is 5.25. The van der Waals surface area contributed by atoms with Gasteiger partial charge < -0.3 is 5.11 Å². The van der Waals surface area contributed by atoms with E-state index in [0.717, 1.165) is 8.47 Å². The summed E-state index contributed by atoms with van der Waals surface area (Å²) in [5, 5.41) is 9.32. The van der Waals surface area contributed by atoms with Gasteiger partial charge in [0.1, 0.15) is 0 Å². The number of hydrogen-bond donors (Lipinski definition) is 1. The van der Waals surface area contributed by atoms with Gasteiger partial charge in [-0.05, 0) is 53.6 Å². The molecular formula is C15H12INO4. The molecule has 21 heavy (non-hydrogen) atoms. The van der Waals surface area contributed by atoms with Crippen molar-refractivity contribution in [2.24, 2.45) is 11.8 Å². The molecule has 0 spiro atoms. The van der Waals surface area contributed by atoms with Crippen LogP contribution in [0.3, 0.4) is 0 Å². The number of imide groups is 1. The summed E-state index contributed by atoms with van der Waals surface area (Å²) in [6.45, 7) is 0. The highest BCUT2D eigenvalue weighted by molar-refractivity contribution is 14.1. The number of rotatable bonds is 2. The molecular weight excluding hydrogens is 385 g/mol. The second-order valence-corrected chi connectivity index (χ2v) is 6.38. The highest BCUT2D eigenvalue weighted by Gasteiger charge is 2.48. The number of anilines is 1. The Morgan fingerprint density at radius 2 is 1.71 bits per heavy atom. The molecule has 2 aliphatic rings. The number of allylic oxidation sites excluding steroid dienone is 2. The summed E-state index contributed by atoms with van der Waals surface area (Å²) in [5.74, 6) is -2.44. The van der Waals surface area contributed by atoms with Crippen LogP contribution in [0.4, 0.5) is 5.69 Å². The van der Waals surface area contributed by atoms with Crippen molar-refractivity contribution in [3.63, 3.8) is 0 Å². The number of halogens is 1. The molecule has 1 heterocycles. The first-order valence-corrected chi connectivity index (χ1v) is 7.64. The Labute approximate surface area is 134 Å². The zero-order valence-electron chi connectivity index (χ0n) is 11.0. The Morgan fingerprint density at radius 1 is 1.14 bits per heavy atom. The molecule has 1 aromatic rings. The molecule has 1 aliphatic carbocycles. The van der Waals surface area contributed by atoms with E-state index in [1.807, 2.05) is 34.7 Å². The third kappa shape index (κ3) is 2.27. The van der Waals surface area contributed by atoms with Crippen LogP contribution in [0.25, 0.3) is 0 Å². The molecule has 1 aromatic carbocycles. The molecule has 0 saturated carbocycles. The SMILES string of the molecule is O=C(O)c1cc(I)ccc1N1C(=O)[C@H]2CC=CC[C@H]2C1=O. The Hall–Kier alpha value is -1.70. The van der Waals surface area contributed by atoms with Crippen LogP contribution >= 0.6 is 22.6 Å². The van der Waals surface area contributed by atoms with Crippen molar-refractivity contribution in [2.75, 3.05) is 4.90 Å². The molecule has 1 saturated heterocycles. The largest absolute Gasteiger partial charge is 0.478 e. The van der Waals surface area contributed by atoms with Crippen molar-refractivity contribution in [3.8, 4) is 0 Å². The number of carboxylic acid groups (broad SMARTS) is 1. The van der Waals surface area contributed by atoms with Crippen LogP contribution in [0.5, 0.6) is 0 Å². The predicted octanol–water partition coefficient (Wildman–Crippen LogP) is 2.45. The zero-order chi connectivity index (χ0) is 15.1. The van der Waals surface area contributed by atoms with Gasteiger partial charge in [-0.2, -0.15) is 0 Å². The van der Waals surface area contributed by atoms with E-state index < -0.39 is 5.97 Å². The summed E-state index contributed by atoms with van der Waals surface area (Å²) in [7, 11) is 0. The first-order valence-electron chi connectivity index (χ1n) is 6.56. The zero-order valence-corrected chi connectivity index (χ0v) is 13.1. The minimum absolute atomic E-state index is 0.0183. The number of benzene rings is 1. The molecule has 1 N–H and O–H groups in total. The van der Waals surface area contributed by atoms with Crippen molar-refractivity contribution in [2.45, 2.75) is 12.8 Å². The molecule has 1 aliphatic heterocycles. The van der Waals surface area contributed by atoms with Gasteiger partial charge in [0, 0.05) is 3.57 Å². The van der Waals surface area contributed by atoms with Gasteiger partial charge in [0.15, 0.2) is 0 Å². The Balaban J connectivity index is 2.07. The quantitative estimate of drug-likeness (QED) is 0.473. The molecule has 5 nitrogen and oxygen atoms in total. The van der Waals surface area contributed by atoms with Crippen molar-refractivity contribution >= 4 is 46.1 Å². The van der Waals surface area contributed by atoms with E-state index in [-0.39, 0.29) is 34.9 Å². The van der Waals surface area contributed by atoms with Gasteiger partial charge in [0.2, 0.25) is 11.8 Å². The summed E-state index contributed by atoms with van der Waals surface area (Å²) in [6.07, 6.45) is 4.89. The molecule has 0 aromatic heterocycles. The number of carbonyl (C=O) groups excluding carboxylic acids is 2. The van der Waals surface area contributed by atoms with Crippen LogP contribution < -0.4 is 4.90 Å². The smallest absolute Gasteiger partial charge is 0.337 e. The maximum absolute atomic E-state index is 12.5. The Bertz CT molecular complexity index is 656. The number of nitrogens with zero attached hydrogens (tertiary/aromatic N) is 1. The number of aromatic carboxylic acids is 1. The highest BCUT2D eigenvalue weighted by atomic mass is 127. The van der Waals surface area contributed by atoms with Gasteiger partial charge in [-0.15, -0.1) is 0 Å². The summed E-state index contributed by atoms with van der Waals surface area (Å²) in [4.78, 5) is 37.4. The second-order valence-electron chi connectivity index (χ2n) is 5.13. The summed E-state index contributed by atoms with van der Waals surface area (Å²) < 4.78 is 0.743. The minimum atomic E-state index is -1.14. The van der Waals surface area contributed by atoms with E-state index in [4.69, 9.17) is 0 Å². The number of amides is 2. The van der Waals surface area contributed by atoms with Gasteiger partial charge in [0.25, 0.3) is 0 Å². The third-order valence-electron chi connectivity index (χ3n) is 3.94. The molecule has 1 fully saturated rings. The summed E-state index contributed by atoms with van der Waals surface area (Å²) in [6, 6.07) is 4.70. The van der Waals surface area contributed by atoms with Gasteiger partial charge in [-0.25, -0.2) is 9.69 Å². The first-order chi connectivity index (χ1) is 10.0. The standard InChI is InChI=1S/C15H12INO4/c16-8-5-6-12(11(7-8)15(20)21)17-13(18)9-3-1-2-4-10(9)14(17)19/h1-2,5-7,9-10H,3-4H2,(H,20,21)/t9-,10+. The fraction of sp³-hybridized carbons (Fsp3) is 0.267. The average Bonchev–Trinajstić information content (AvgIpc) is 2.72. The maximum Gasteiger partial charge on any atom is 0.337 e. The first kappa shape index (κ1) is 14.2. The van der Waals surface area contributed by atoms with E-state index in [1.165, 1.54) is 12.1 Å². The number of fused-ring (bicyclic) bond motifs is 1. The van der Waals surface area contributed by atoms with Gasteiger partial charge in [-0.1, -0.05) is 12.2 Å². The van der Waals surface area contributed by atoms with Crippen molar-refractivity contribution in [3.05, 3.63) is 39.5 Å². The molecule has 2 amide bonds. The maximum atomic E-state index is 12.5. The van der Waals surface area contributed by atoms with Crippen LogP contribution in [-0.4, -0.2) is 22.9 Å². The normalized spacial score (nSPS) is 24.3.